The van der Waals surface area contributed by atoms with Crippen molar-refractivity contribution in [2.75, 3.05) is 6.54 Å². The monoisotopic (exact) mass is 263 g/mol. The van der Waals surface area contributed by atoms with Crippen molar-refractivity contribution in [2.24, 2.45) is 0 Å². The van der Waals surface area contributed by atoms with E-state index in [2.05, 4.69) is 11.8 Å². The summed E-state index contributed by atoms with van der Waals surface area (Å²) in [6, 6.07) is 10.2. The molecule has 3 heteroatoms. The van der Waals surface area contributed by atoms with Crippen LogP contribution in [0.4, 0.5) is 3.89 Å². The zero-order chi connectivity index (χ0) is 12.6. The molecule has 1 fully saturated rings. The van der Waals surface area contributed by atoms with Crippen molar-refractivity contribution in [1.29, 1.82) is 0 Å². The molecule has 0 saturated heterocycles. The van der Waals surface area contributed by atoms with E-state index in [4.69, 9.17) is 0 Å². The third-order valence-electron chi connectivity index (χ3n) is 3.31. The molecule has 0 spiro atoms. The van der Waals surface area contributed by atoms with E-state index in [1.807, 2.05) is 30.3 Å². The van der Waals surface area contributed by atoms with Crippen molar-refractivity contribution in [2.45, 2.75) is 38.1 Å². The fourth-order valence-electron chi connectivity index (χ4n) is 2.32. The van der Waals surface area contributed by atoms with Crippen molar-refractivity contribution < 1.29 is 3.89 Å². The first kappa shape index (κ1) is 13.5. The van der Waals surface area contributed by atoms with E-state index in [9.17, 15) is 3.89 Å². The lowest BCUT2D eigenvalue weighted by molar-refractivity contribution is 0.286. The highest BCUT2D eigenvalue weighted by Gasteiger charge is 2.21. The van der Waals surface area contributed by atoms with Crippen LogP contribution in [0.2, 0.25) is 0 Å². The first-order chi connectivity index (χ1) is 8.90. The minimum absolute atomic E-state index is 0.342. The first-order valence-corrected chi connectivity index (χ1v) is 7.17. The quantitative estimate of drug-likeness (QED) is 0.594. The van der Waals surface area contributed by atoms with Gasteiger partial charge in [0.05, 0.1) is 6.54 Å². The lowest BCUT2D eigenvalue weighted by Gasteiger charge is -2.28. The molecular weight excluding hydrogens is 245 g/mol. The molecule has 1 aromatic carbocycles. The molecule has 0 radical (unpaired) electrons. The SMILES string of the molecule is FSN(CC#Cc1ccccc1)C1CCCCC1. The fourth-order valence-corrected chi connectivity index (χ4v) is 2.76. The number of rotatable bonds is 3. The van der Waals surface area contributed by atoms with Crippen LogP contribution < -0.4 is 0 Å². The Morgan fingerprint density at radius 1 is 1.17 bits per heavy atom. The summed E-state index contributed by atoms with van der Waals surface area (Å²) < 4.78 is 14.7. The summed E-state index contributed by atoms with van der Waals surface area (Å²) in [5.41, 5.74) is 0.991. The maximum Gasteiger partial charge on any atom is 0.135 e. The average Bonchev–Trinajstić information content (AvgIpc) is 2.46. The van der Waals surface area contributed by atoms with Gasteiger partial charge in [-0.1, -0.05) is 49.3 Å². The standard InChI is InChI=1S/C15H18FNS/c16-18-17(15-11-5-2-6-12-15)13-7-10-14-8-3-1-4-9-14/h1,3-4,8-9,15H,2,5-6,11-13H2. The van der Waals surface area contributed by atoms with Gasteiger partial charge in [-0.2, -0.15) is 0 Å². The van der Waals surface area contributed by atoms with E-state index in [1.54, 1.807) is 4.31 Å². The number of benzene rings is 1. The van der Waals surface area contributed by atoms with Crippen LogP contribution in [0.3, 0.4) is 0 Å². The van der Waals surface area contributed by atoms with Gasteiger partial charge in [0, 0.05) is 11.6 Å². The summed E-state index contributed by atoms with van der Waals surface area (Å²) in [5.74, 6) is 6.14. The van der Waals surface area contributed by atoms with Crippen LogP contribution in [-0.2, 0) is 0 Å². The molecular formula is C15H18FNS. The summed E-state index contributed by atoms with van der Waals surface area (Å²) in [6.07, 6.45) is 5.92. The largest absolute Gasteiger partial charge is 0.207 e. The first-order valence-electron chi connectivity index (χ1n) is 6.49. The molecule has 18 heavy (non-hydrogen) atoms. The van der Waals surface area contributed by atoms with Crippen LogP contribution in [0, 0.1) is 11.8 Å². The van der Waals surface area contributed by atoms with Crippen molar-refractivity contribution >= 4 is 12.3 Å². The van der Waals surface area contributed by atoms with Crippen LogP contribution in [-0.4, -0.2) is 16.9 Å². The summed E-state index contributed by atoms with van der Waals surface area (Å²) in [7, 11) is 0. The molecule has 0 N–H and O–H groups in total. The predicted octanol–water partition coefficient (Wildman–Crippen LogP) is 4.21. The van der Waals surface area contributed by atoms with Gasteiger partial charge in [0.25, 0.3) is 0 Å². The Hall–Kier alpha value is -0.980. The Morgan fingerprint density at radius 2 is 1.89 bits per heavy atom. The Bertz CT molecular complexity index is 403. The van der Waals surface area contributed by atoms with E-state index >= 15 is 0 Å². The maximum absolute atomic E-state index is 12.9. The third kappa shape index (κ3) is 4.04. The number of hydrogen-bond donors (Lipinski definition) is 0. The molecule has 1 aromatic rings. The summed E-state index contributed by atoms with van der Waals surface area (Å²) in [6.45, 7) is 0.501. The van der Waals surface area contributed by atoms with Gasteiger partial charge in [0.1, 0.15) is 12.3 Å². The lowest BCUT2D eigenvalue weighted by Crippen LogP contribution is -2.30. The van der Waals surface area contributed by atoms with Crippen molar-refractivity contribution in [3.63, 3.8) is 0 Å². The third-order valence-corrected chi connectivity index (χ3v) is 3.92. The zero-order valence-electron chi connectivity index (χ0n) is 10.4. The highest BCUT2D eigenvalue weighted by atomic mass is 32.2. The molecule has 1 aliphatic rings. The van der Waals surface area contributed by atoms with E-state index in [0.29, 0.717) is 24.9 Å². The maximum atomic E-state index is 12.9. The average molecular weight is 263 g/mol. The molecule has 1 saturated carbocycles. The van der Waals surface area contributed by atoms with Crippen LogP contribution in [0.15, 0.2) is 30.3 Å². The fraction of sp³-hybridized carbons (Fsp3) is 0.467. The van der Waals surface area contributed by atoms with Crippen LogP contribution in [0.25, 0.3) is 0 Å². The van der Waals surface area contributed by atoms with E-state index < -0.39 is 0 Å². The minimum Gasteiger partial charge on any atom is -0.207 e. The molecule has 0 heterocycles. The van der Waals surface area contributed by atoms with Gasteiger partial charge in [-0.3, -0.25) is 0 Å². The topological polar surface area (TPSA) is 3.24 Å². The lowest BCUT2D eigenvalue weighted by atomic mass is 9.95. The molecule has 96 valence electrons. The van der Waals surface area contributed by atoms with Gasteiger partial charge >= 0.3 is 0 Å². The highest BCUT2D eigenvalue weighted by Crippen LogP contribution is 2.27. The molecule has 0 aliphatic heterocycles. The van der Waals surface area contributed by atoms with E-state index in [0.717, 1.165) is 18.4 Å². The Balaban J connectivity index is 1.89. The predicted molar refractivity (Wildman–Crippen MR) is 75.6 cm³/mol. The molecule has 0 aromatic heterocycles. The second-order valence-electron chi connectivity index (χ2n) is 4.60. The highest BCUT2D eigenvalue weighted by molar-refractivity contribution is 7.91. The van der Waals surface area contributed by atoms with Gasteiger partial charge in [0.15, 0.2) is 0 Å². The Labute approximate surface area is 113 Å². The van der Waals surface area contributed by atoms with Crippen molar-refractivity contribution in [3.8, 4) is 11.8 Å². The second kappa shape index (κ2) is 7.45. The molecule has 0 atom stereocenters. The molecule has 0 unspecified atom stereocenters. The van der Waals surface area contributed by atoms with Crippen LogP contribution in [0.5, 0.6) is 0 Å². The summed E-state index contributed by atoms with van der Waals surface area (Å²) in [4.78, 5) is 0. The Kier molecular flexibility index (Phi) is 5.57. The van der Waals surface area contributed by atoms with Gasteiger partial charge in [0.2, 0.25) is 0 Å². The summed E-state index contributed by atoms with van der Waals surface area (Å²) in [5, 5.41) is 0. The van der Waals surface area contributed by atoms with Gasteiger partial charge in [-0.15, -0.1) is 3.89 Å². The smallest absolute Gasteiger partial charge is 0.135 e. The molecule has 1 nitrogen and oxygen atoms in total. The van der Waals surface area contributed by atoms with Gasteiger partial charge in [-0.05, 0) is 25.0 Å². The normalized spacial score (nSPS) is 16.3. The van der Waals surface area contributed by atoms with Crippen LogP contribution >= 0.6 is 12.3 Å². The zero-order valence-corrected chi connectivity index (χ0v) is 11.3. The molecule has 0 amide bonds. The minimum atomic E-state index is 0.342. The van der Waals surface area contributed by atoms with Crippen molar-refractivity contribution in [3.05, 3.63) is 35.9 Å². The van der Waals surface area contributed by atoms with Crippen molar-refractivity contribution in [1.82, 2.24) is 4.31 Å². The molecule has 1 aliphatic carbocycles. The molecule has 2 rings (SSSR count). The van der Waals surface area contributed by atoms with Gasteiger partial charge in [-0.25, -0.2) is 4.31 Å². The number of hydrogen-bond acceptors (Lipinski definition) is 2. The van der Waals surface area contributed by atoms with E-state index in [1.165, 1.54) is 19.3 Å². The Morgan fingerprint density at radius 3 is 2.56 bits per heavy atom. The molecule has 0 bridgehead atoms. The number of nitrogens with zero attached hydrogens (tertiary/aromatic N) is 1. The van der Waals surface area contributed by atoms with E-state index in [-0.39, 0.29) is 0 Å². The van der Waals surface area contributed by atoms with Gasteiger partial charge < -0.3 is 0 Å². The van der Waals surface area contributed by atoms with Crippen LogP contribution in [0.1, 0.15) is 37.7 Å². The number of halogens is 1. The summed E-state index contributed by atoms with van der Waals surface area (Å²) >= 11 is 0.342. The second-order valence-corrected chi connectivity index (χ2v) is 5.21.